The summed E-state index contributed by atoms with van der Waals surface area (Å²) in [6.45, 7) is 4.23. The van der Waals surface area contributed by atoms with E-state index in [0.717, 1.165) is 23.4 Å². The van der Waals surface area contributed by atoms with Crippen molar-refractivity contribution in [1.82, 2.24) is 9.78 Å². The van der Waals surface area contributed by atoms with Gasteiger partial charge in [0.25, 0.3) is 0 Å². The van der Waals surface area contributed by atoms with Crippen LogP contribution in [0.25, 0.3) is 0 Å². The molecular formula is C16H22FN3O. The molecule has 1 unspecified atom stereocenters. The van der Waals surface area contributed by atoms with E-state index in [1.165, 1.54) is 6.07 Å². The lowest BCUT2D eigenvalue weighted by Gasteiger charge is -2.14. The van der Waals surface area contributed by atoms with E-state index in [4.69, 9.17) is 10.5 Å². The lowest BCUT2D eigenvalue weighted by atomic mass is 10.1. The first kappa shape index (κ1) is 15.5. The molecule has 21 heavy (non-hydrogen) atoms. The largest absolute Gasteiger partial charge is 0.484 e. The van der Waals surface area contributed by atoms with Crippen LogP contribution in [0.3, 0.4) is 0 Å². The van der Waals surface area contributed by atoms with Gasteiger partial charge in [-0.25, -0.2) is 4.39 Å². The zero-order valence-corrected chi connectivity index (χ0v) is 12.8. The number of rotatable bonds is 6. The average Bonchev–Trinajstić information content (AvgIpc) is 2.78. The minimum atomic E-state index is -0.356. The summed E-state index contributed by atoms with van der Waals surface area (Å²) in [6.07, 6.45) is 1.45. The number of nitrogens with two attached hydrogens (primary N) is 1. The van der Waals surface area contributed by atoms with E-state index in [9.17, 15) is 4.39 Å². The number of hydrogen-bond acceptors (Lipinski definition) is 3. The summed E-state index contributed by atoms with van der Waals surface area (Å²) in [5, 5.41) is 4.36. The van der Waals surface area contributed by atoms with E-state index in [1.54, 1.807) is 10.7 Å². The molecule has 2 rings (SSSR count). The van der Waals surface area contributed by atoms with Gasteiger partial charge in [0.2, 0.25) is 0 Å². The third-order valence-electron chi connectivity index (χ3n) is 3.34. The van der Waals surface area contributed by atoms with Crippen LogP contribution in [0.2, 0.25) is 0 Å². The number of aryl methyl sites for hydroxylation is 2. The van der Waals surface area contributed by atoms with Crippen molar-refractivity contribution in [2.75, 3.05) is 0 Å². The van der Waals surface area contributed by atoms with Crippen molar-refractivity contribution in [1.29, 1.82) is 0 Å². The minimum absolute atomic E-state index is 0.0439. The topological polar surface area (TPSA) is 53.1 Å². The number of nitrogens with zero attached hydrogens (tertiary/aromatic N) is 2. The second kappa shape index (κ2) is 6.72. The third kappa shape index (κ3) is 3.82. The van der Waals surface area contributed by atoms with Gasteiger partial charge in [-0.15, -0.1) is 0 Å². The van der Waals surface area contributed by atoms with E-state index in [1.807, 2.05) is 33.0 Å². The van der Waals surface area contributed by atoms with Crippen molar-refractivity contribution in [2.45, 2.75) is 39.3 Å². The van der Waals surface area contributed by atoms with Gasteiger partial charge in [0.05, 0.1) is 11.4 Å². The van der Waals surface area contributed by atoms with Gasteiger partial charge in [0, 0.05) is 13.1 Å². The van der Waals surface area contributed by atoms with Gasteiger partial charge in [0.15, 0.2) is 11.6 Å². The molecule has 0 amide bonds. The Morgan fingerprint density at radius 1 is 1.43 bits per heavy atom. The summed E-state index contributed by atoms with van der Waals surface area (Å²) in [6, 6.07) is 6.87. The molecule has 2 N–H and O–H groups in total. The molecule has 1 aromatic carbocycles. The van der Waals surface area contributed by atoms with E-state index in [-0.39, 0.29) is 24.2 Å². The van der Waals surface area contributed by atoms with Crippen molar-refractivity contribution in [2.24, 2.45) is 12.8 Å². The third-order valence-corrected chi connectivity index (χ3v) is 3.34. The van der Waals surface area contributed by atoms with Crippen molar-refractivity contribution in [3.8, 4) is 5.75 Å². The standard InChI is InChI=1S/C16H22FN3O/c1-4-13-9-14(20(3)19-13)10-21-16-12(8-11(2)18)6-5-7-15(16)17/h5-7,9,11H,4,8,10,18H2,1-3H3. The van der Waals surface area contributed by atoms with E-state index >= 15 is 0 Å². The molecule has 0 aliphatic heterocycles. The zero-order chi connectivity index (χ0) is 15.4. The van der Waals surface area contributed by atoms with Gasteiger partial charge >= 0.3 is 0 Å². The van der Waals surface area contributed by atoms with Crippen LogP contribution in [0.4, 0.5) is 4.39 Å². The highest BCUT2D eigenvalue weighted by Crippen LogP contribution is 2.25. The molecule has 0 saturated heterocycles. The maximum atomic E-state index is 14.0. The Balaban J connectivity index is 2.17. The van der Waals surface area contributed by atoms with E-state index in [0.29, 0.717) is 6.42 Å². The van der Waals surface area contributed by atoms with Gasteiger partial charge in [-0.3, -0.25) is 4.68 Å². The van der Waals surface area contributed by atoms with Crippen LogP contribution in [-0.2, 0) is 26.5 Å². The number of aromatic nitrogens is 2. The van der Waals surface area contributed by atoms with Crippen LogP contribution >= 0.6 is 0 Å². The Labute approximate surface area is 124 Å². The van der Waals surface area contributed by atoms with Crippen LogP contribution in [0, 0.1) is 5.82 Å². The monoisotopic (exact) mass is 291 g/mol. The van der Waals surface area contributed by atoms with E-state index in [2.05, 4.69) is 5.10 Å². The summed E-state index contributed by atoms with van der Waals surface area (Å²) >= 11 is 0. The van der Waals surface area contributed by atoms with Crippen LogP contribution in [0.5, 0.6) is 5.75 Å². The molecule has 1 aromatic heterocycles. The number of hydrogen-bond donors (Lipinski definition) is 1. The number of ether oxygens (including phenoxy) is 1. The molecule has 1 atom stereocenters. The molecule has 0 saturated carbocycles. The second-order valence-electron chi connectivity index (χ2n) is 5.30. The van der Waals surface area contributed by atoms with Gasteiger partial charge in [-0.1, -0.05) is 19.1 Å². The summed E-state index contributed by atoms with van der Waals surface area (Å²) in [5.41, 5.74) is 8.52. The Kier molecular flexibility index (Phi) is 4.96. The summed E-state index contributed by atoms with van der Waals surface area (Å²) < 4.78 is 21.5. The fourth-order valence-corrected chi connectivity index (χ4v) is 2.25. The van der Waals surface area contributed by atoms with Gasteiger partial charge in [-0.2, -0.15) is 5.10 Å². The fourth-order valence-electron chi connectivity index (χ4n) is 2.25. The highest BCUT2D eigenvalue weighted by molar-refractivity contribution is 5.35. The van der Waals surface area contributed by atoms with Gasteiger partial charge < -0.3 is 10.5 Å². The lowest BCUT2D eigenvalue weighted by molar-refractivity contribution is 0.276. The fraction of sp³-hybridized carbons (Fsp3) is 0.438. The first-order valence-electron chi connectivity index (χ1n) is 7.18. The Morgan fingerprint density at radius 3 is 2.81 bits per heavy atom. The molecule has 5 heteroatoms. The highest BCUT2D eigenvalue weighted by atomic mass is 19.1. The molecule has 0 aliphatic rings. The van der Waals surface area contributed by atoms with Gasteiger partial charge in [0.1, 0.15) is 6.61 Å². The Bertz CT molecular complexity index is 608. The number of benzene rings is 1. The van der Waals surface area contributed by atoms with Crippen LogP contribution < -0.4 is 10.5 Å². The van der Waals surface area contributed by atoms with Crippen molar-refractivity contribution in [3.63, 3.8) is 0 Å². The molecule has 0 aliphatic carbocycles. The molecule has 0 radical (unpaired) electrons. The van der Waals surface area contributed by atoms with Crippen LogP contribution in [-0.4, -0.2) is 15.8 Å². The van der Waals surface area contributed by atoms with Crippen molar-refractivity contribution in [3.05, 3.63) is 47.0 Å². The smallest absolute Gasteiger partial charge is 0.165 e. The Hall–Kier alpha value is -1.88. The van der Waals surface area contributed by atoms with Gasteiger partial charge in [-0.05, 0) is 37.5 Å². The minimum Gasteiger partial charge on any atom is -0.484 e. The quantitative estimate of drug-likeness (QED) is 0.890. The maximum Gasteiger partial charge on any atom is 0.165 e. The molecular weight excluding hydrogens is 269 g/mol. The number of para-hydroxylation sites is 1. The Morgan fingerprint density at radius 2 is 2.19 bits per heavy atom. The second-order valence-corrected chi connectivity index (χ2v) is 5.30. The number of halogens is 1. The van der Waals surface area contributed by atoms with Crippen molar-refractivity contribution < 1.29 is 9.13 Å². The molecule has 2 aromatic rings. The van der Waals surface area contributed by atoms with Crippen LogP contribution in [0.1, 0.15) is 30.8 Å². The molecule has 0 spiro atoms. The van der Waals surface area contributed by atoms with Crippen LogP contribution in [0.15, 0.2) is 24.3 Å². The molecule has 0 fully saturated rings. The maximum absolute atomic E-state index is 14.0. The first-order valence-corrected chi connectivity index (χ1v) is 7.18. The normalized spacial score (nSPS) is 12.4. The summed E-state index contributed by atoms with van der Waals surface area (Å²) in [4.78, 5) is 0. The predicted octanol–water partition coefficient (Wildman–Crippen LogP) is 2.59. The molecule has 0 bridgehead atoms. The molecule has 1 heterocycles. The zero-order valence-electron chi connectivity index (χ0n) is 12.8. The highest BCUT2D eigenvalue weighted by Gasteiger charge is 2.13. The SMILES string of the molecule is CCc1cc(COc2c(F)cccc2CC(C)N)n(C)n1. The molecule has 114 valence electrons. The first-order chi connectivity index (χ1) is 10.0. The summed E-state index contributed by atoms with van der Waals surface area (Å²) in [5.74, 6) is -0.0694. The predicted molar refractivity (Wildman–Crippen MR) is 80.7 cm³/mol. The lowest BCUT2D eigenvalue weighted by Crippen LogP contribution is -2.18. The molecule has 4 nitrogen and oxygen atoms in total. The van der Waals surface area contributed by atoms with E-state index < -0.39 is 0 Å². The average molecular weight is 291 g/mol. The summed E-state index contributed by atoms with van der Waals surface area (Å²) in [7, 11) is 1.86. The van der Waals surface area contributed by atoms with Crippen molar-refractivity contribution >= 4 is 0 Å².